The Balaban J connectivity index is 1.64. The number of hydrogen-bond acceptors (Lipinski definition) is 3. The molecular formula is C24H18O3. The summed E-state index contributed by atoms with van der Waals surface area (Å²) in [6, 6.07) is 26.6. The fourth-order valence-electron chi connectivity index (χ4n) is 2.88. The van der Waals surface area contributed by atoms with Gasteiger partial charge in [0.1, 0.15) is 29.1 Å². The van der Waals surface area contributed by atoms with Gasteiger partial charge in [-0.25, -0.2) is 0 Å². The highest BCUT2D eigenvalue weighted by atomic mass is 16.5. The van der Waals surface area contributed by atoms with Crippen molar-refractivity contribution in [2.45, 2.75) is 6.61 Å². The summed E-state index contributed by atoms with van der Waals surface area (Å²) in [6.45, 7) is 0.398. The third-order valence-electron chi connectivity index (χ3n) is 4.21. The smallest absolute Gasteiger partial charge is 0.197 e. The third kappa shape index (κ3) is 3.98. The van der Waals surface area contributed by atoms with Crippen molar-refractivity contribution in [3.8, 4) is 5.75 Å². The van der Waals surface area contributed by atoms with Crippen LogP contribution in [-0.2, 0) is 6.61 Å². The molecule has 0 amide bonds. The molecule has 0 bridgehead atoms. The lowest BCUT2D eigenvalue weighted by Crippen LogP contribution is -2.04. The molecule has 4 rings (SSSR count). The zero-order valence-electron chi connectivity index (χ0n) is 14.7. The van der Waals surface area contributed by atoms with Crippen molar-refractivity contribution in [3.63, 3.8) is 0 Å². The van der Waals surface area contributed by atoms with Gasteiger partial charge in [0.25, 0.3) is 0 Å². The lowest BCUT2D eigenvalue weighted by Gasteiger charge is -2.09. The van der Waals surface area contributed by atoms with Crippen LogP contribution >= 0.6 is 0 Å². The number of rotatable bonds is 5. The quantitative estimate of drug-likeness (QED) is 0.472. The Morgan fingerprint density at radius 3 is 2.33 bits per heavy atom. The molecule has 0 aliphatic rings. The van der Waals surface area contributed by atoms with E-state index in [0.29, 0.717) is 29.1 Å². The Labute approximate surface area is 157 Å². The number of ether oxygens (including phenoxy) is 1. The summed E-state index contributed by atoms with van der Waals surface area (Å²) in [5.41, 5.74) is 2.48. The minimum Gasteiger partial charge on any atom is -0.488 e. The molecule has 1 heterocycles. The van der Waals surface area contributed by atoms with Crippen LogP contribution in [0.15, 0.2) is 94.1 Å². The normalized spacial score (nSPS) is 11.1. The molecular weight excluding hydrogens is 336 g/mol. The predicted molar refractivity (Wildman–Crippen MR) is 109 cm³/mol. The lowest BCUT2D eigenvalue weighted by molar-refractivity contribution is 0.309. The number of benzene rings is 3. The highest BCUT2D eigenvalue weighted by molar-refractivity contribution is 5.84. The van der Waals surface area contributed by atoms with E-state index in [1.54, 1.807) is 18.2 Å². The maximum absolute atomic E-state index is 12.7. The van der Waals surface area contributed by atoms with Crippen LogP contribution in [0, 0.1) is 0 Å². The lowest BCUT2D eigenvalue weighted by atomic mass is 10.1. The predicted octanol–water partition coefficient (Wildman–Crippen LogP) is 5.54. The van der Waals surface area contributed by atoms with E-state index in [1.165, 1.54) is 6.07 Å². The standard InChI is InChI=1S/C24H18O3/c25-21-16-20(15-14-18-8-3-1-4-9-18)27-23-13-7-12-22(24(21)23)26-17-19-10-5-2-6-11-19/h1-16H,17H2/b15-14+. The van der Waals surface area contributed by atoms with Gasteiger partial charge in [-0.05, 0) is 29.3 Å². The molecule has 0 saturated heterocycles. The monoisotopic (exact) mass is 354 g/mol. The molecule has 3 nitrogen and oxygen atoms in total. The van der Waals surface area contributed by atoms with Crippen LogP contribution in [0.25, 0.3) is 23.1 Å². The summed E-state index contributed by atoms with van der Waals surface area (Å²) in [6.07, 6.45) is 3.72. The zero-order chi connectivity index (χ0) is 18.5. The molecule has 0 aliphatic heterocycles. The molecule has 0 aliphatic carbocycles. The van der Waals surface area contributed by atoms with Crippen molar-refractivity contribution in [1.29, 1.82) is 0 Å². The SMILES string of the molecule is O=c1cc(/C=C/c2ccccc2)oc2cccc(OCc3ccccc3)c12. The van der Waals surface area contributed by atoms with Crippen molar-refractivity contribution >= 4 is 23.1 Å². The molecule has 3 aromatic carbocycles. The van der Waals surface area contributed by atoms with Gasteiger partial charge in [-0.2, -0.15) is 0 Å². The van der Waals surface area contributed by atoms with Crippen LogP contribution in [0.1, 0.15) is 16.9 Å². The second kappa shape index (κ2) is 7.75. The van der Waals surface area contributed by atoms with Crippen LogP contribution in [0.2, 0.25) is 0 Å². The molecule has 0 N–H and O–H groups in total. The third-order valence-corrected chi connectivity index (χ3v) is 4.21. The van der Waals surface area contributed by atoms with Crippen LogP contribution in [0.5, 0.6) is 5.75 Å². The molecule has 0 saturated carbocycles. The Hall–Kier alpha value is -3.59. The number of fused-ring (bicyclic) bond motifs is 1. The summed E-state index contributed by atoms with van der Waals surface area (Å²) in [4.78, 5) is 12.7. The van der Waals surface area contributed by atoms with Gasteiger partial charge >= 0.3 is 0 Å². The maximum Gasteiger partial charge on any atom is 0.197 e. The number of hydrogen-bond donors (Lipinski definition) is 0. The summed E-state index contributed by atoms with van der Waals surface area (Å²) < 4.78 is 11.8. The molecule has 1 aromatic heterocycles. The van der Waals surface area contributed by atoms with E-state index in [0.717, 1.165) is 11.1 Å². The van der Waals surface area contributed by atoms with E-state index in [1.807, 2.05) is 72.8 Å². The second-order valence-electron chi connectivity index (χ2n) is 6.16. The van der Waals surface area contributed by atoms with Gasteiger partial charge in [0, 0.05) is 6.07 Å². The van der Waals surface area contributed by atoms with Crippen molar-refractivity contribution in [1.82, 2.24) is 0 Å². The first kappa shape index (κ1) is 16.9. The molecule has 0 radical (unpaired) electrons. The van der Waals surface area contributed by atoms with Gasteiger partial charge in [0.15, 0.2) is 5.43 Å². The van der Waals surface area contributed by atoms with Crippen LogP contribution < -0.4 is 10.2 Å². The largest absolute Gasteiger partial charge is 0.488 e. The first-order chi connectivity index (χ1) is 13.3. The molecule has 132 valence electrons. The Kier molecular flexibility index (Phi) is 4.84. The first-order valence-electron chi connectivity index (χ1n) is 8.76. The van der Waals surface area contributed by atoms with Crippen LogP contribution in [0.4, 0.5) is 0 Å². The van der Waals surface area contributed by atoms with Crippen molar-refractivity contribution in [2.24, 2.45) is 0 Å². The first-order valence-corrected chi connectivity index (χ1v) is 8.76. The topological polar surface area (TPSA) is 39.4 Å². The minimum atomic E-state index is -0.118. The molecule has 3 heteroatoms. The molecule has 27 heavy (non-hydrogen) atoms. The Bertz CT molecular complexity index is 1130. The molecule has 0 fully saturated rings. The second-order valence-corrected chi connectivity index (χ2v) is 6.16. The highest BCUT2D eigenvalue weighted by Gasteiger charge is 2.09. The van der Waals surface area contributed by atoms with Crippen molar-refractivity contribution < 1.29 is 9.15 Å². The Morgan fingerprint density at radius 1 is 0.815 bits per heavy atom. The van der Waals surface area contributed by atoms with Crippen LogP contribution in [0.3, 0.4) is 0 Å². The van der Waals surface area contributed by atoms with Gasteiger partial charge in [0.2, 0.25) is 0 Å². The van der Waals surface area contributed by atoms with E-state index in [-0.39, 0.29) is 5.43 Å². The fraction of sp³-hybridized carbons (Fsp3) is 0.0417. The minimum absolute atomic E-state index is 0.118. The van der Waals surface area contributed by atoms with Crippen LogP contribution in [-0.4, -0.2) is 0 Å². The molecule has 4 aromatic rings. The zero-order valence-corrected chi connectivity index (χ0v) is 14.7. The average Bonchev–Trinajstić information content (AvgIpc) is 2.72. The summed E-state index contributed by atoms with van der Waals surface area (Å²) >= 11 is 0. The summed E-state index contributed by atoms with van der Waals surface area (Å²) in [7, 11) is 0. The molecule has 0 spiro atoms. The Morgan fingerprint density at radius 2 is 1.56 bits per heavy atom. The van der Waals surface area contributed by atoms with E-state index >= 15 is 0 Å². The van der Waals surface area contributed by atoms with Crippen molar-refractivity contribution in [2.75, 3.05) is 0 Å². The van der Waals surface area contributed by atoms with E-state index in [4.69, 9.17) is 9.15 Å². The van der Waals surface area contributed by atoms with Gasteiger partial charge in [-0.1, -0.05) is 72.8 Å². The fourth-order valence-corrected chi connectivity index (χ4v) is 2.88. The summed E-state index contributed by atoms with van der Waals surface area (Å²) in [5, 5.41) is 0.463. The average molecular weight is 354 g/mol. The summed E-state index contributed by atoms with van der Waals surface area (Å²) in [5.74, 6) is 1.04. The van der Waals surface area contributed by atoms with E-state index < -0.39 is 0 Å². The van der Waals surface area contributed by atoms with Gasteiger partial charge in [-0.3, -0.25) is 4.79 Å². The molecule has 0 atom stereocenters. The maximum atomic E-state index is 12.7. The van der Waals surface area contributed by atoms with E-state index in [9.17, 15) is 4.79 Å². The van der Waals surface area contributed by atoms with Crippen molar-refractivity contribution in [3.05, 3.63) is 112 Å². The van der Waals surface area contributed by atoms with Gasteiger partial charge < -0.3 is 9.15 Å². The molecule has 0 unspecified atom stereocenters. The van der Waals surface area contributed by atoms with Gasteiger partial charge in [-0.15, -0.1) is 0 Å². The van der Waals surface area contributed by atoms with Gasteiger partial charge in [0.05, 0.1) is 0 Å². The van der Waals surface area contributed by atoms with E-state index in [2.05, 4.69) is 0 Å². The highest BCUT2D eigenvalue weighted by Crippen LogP contribution is 2.24.